The second-order valence-corrected chi connectivity index (χ2v) is 4.13. The fraction of sp³-hybridized carbons (Fsp3) is 0.545. The van der Waals surface area contributed by atoms with Crippen LogP contribution in [0.15, 0.2) is 17.5 Å². The topological polar surface area (TPSA) is 96.9 Å². The number of amidine groups is 1. The normalized spacial score (nSPS) is 15.7. The SMILES string of the molecule is COCCN(c1nccnc1C(N)=NO)C1CC1. The van der Waals surface area contributed by atoms with Crippen molar-refractivity contribution >= 4 is 11.7 Å². The molecule has 0 bridgehead atoms. The molecule has 1 aliphatic carbocycles. The molecule has 1 saturated carbocycles. The Bertz CT molecular complexity index is 433. The van der Waals surface area contributed by atoms with E-state index in [-0.39, 0.29) is 5.84 Å². The quantitative estimate of drug-likeness (QED) is 0.324. The Labute approximate surface area is 105 Å². The van der Waals surface area contributed by atoms with Crippen LogP contribution in [0.2, 0.25) is 0 Å². The van der Waals surface area contributed by atoms with Crippen LogP contribution < -0.4 is 10.6 Å². The predicted molar refractivity (Wildman–Crippen MR) is 66.8 cm³/mol. The molecule has 7 heteroatoms. The smallest absolute Gasteiger partial charge is 0.192 e. The van der Waals surface area contributed by atoms with Crippen molar-refractivity contribution in [2.24, 2.45) is 10.9 Å². The van der Waals surface area contributed by atoms with Crippen molar-refractivity contribution in [1.29, 1.82) is 0 Å². The Hall–Kier alpha value is -1.89. The van der Waals surface area contributed by atoms with E-state index in [1.165, 1.54) is 6.20 Å². The molecule has 0 saturated heterocycles. The lowest BCUT2D eigenvalue weighted by molar-refractivity contribution is 0.204. The van der Waals surface area contributed by atoms with Crippen molar-refractivity contribution < 1.29 is 9.94 Å². The van der Waals surface area contributed by atoms with Crippen LogP contribution in [0.1, 0.15) is 18.5 Å². The molecule has 18 heavy (non-hydrogen) atoms. The molecular weight excluding hydrogens is 234 g/mol. The summed E-state index contributed by atoms with van der Waals surface area (Å²) < 4.78 is 5.10. The van der Waals surface area contributed by atoms with Crippen LogP contribution in [-0.4, -0.2) is 47.3 Å². The van der Waals surface area contributed by atoms with Crippen LogP contribution in [-0.2, 0) is 4.74 Å². The van der Waals surface area contributed by atoms with Gasteiger partial charge in [0.05, 0.1) is 6.61 Å². The van der Waals surface area contributed by atoms with Crippen molar-refractivity contribution in [3.05, 3.63) is 18.1 Å². The summed E-state index contributed by atoms with van der Waals surface area (Å²) in [5.74, 6) is 0.619. The van der Waals surface area contributed by atoms with E-state index >= 15 is 0 Å². The maximum absolute atomic E-state index is 8.78. The van der Waals surface area contributed by atoms with Crippen LogP contribution in [0.25, 0.3) is 0 Å². The molecule has 0 unspecified atom stereocenters. The molecule has 1 heterocycles. The second-order valence-electron chi connectivity index (χ2n) is 4.13. The van der Waals surface area contributed by atoms with Gasteiger partial charge in [-0.15, -0.1) is 0 Å². The number of oxime groups is 1. The van der Waals surface area contributed by atoms with Gasteiger partial charge in [-0.05, 0) is 12.8 Å². The number of nitrogens with two attached hydrogens (primary N) is 1. The first kappa shape index (κ1) is 12.6. The summed E-state index contributed by atoms with van der Waals surface area (Å²) >= 11 is 0. The molecule has 98 valence electrons. The van der Waals surface area contributed by atoms with Gasteiger partial charge in [-0.25, -0.2) is 9.97 Å². The summed E-state index contributed by atoms with van der Waals surface area (Å²) in [5, 5.41) is 11.8. The van der Waals surface area contributed by atoms with E-state index < -0.39 is 0 Å². The van der Waals surface area contributed by atoms with Crippen LogP contribution in [0.5, 0.6) is 0 Å². The first-order valence-electron chi connectivity index (χ1n) is 5.82. The number of rotatable bonds is 6. The summed E-state index contributed by atoms with van der Waals surface area (Å²) in [6.45, 7) is 1.31. The molecule has 1 aliphatic rings. The minimum atomic E-state index is -0.0267. The Morgan fingerprint density at radius 3 is 2.89 bits per heavy atom. The molecule has 3 N–H and O–H groups in total. The average molecular weight is 251 g/mol. The molecule has 0 radical (unpaired) electrons. The standard InChI is InChI=1S/C11H17N5O2/c1-18-7-6-16(8-2-3-8)11-9(10(12)15-17)13-4-5-14-11/h4-5,8,17H,2-3,6-7H2,1H3,(H2,12,15). The van der Waals surface area contributed by atoms with E-state index in [4.69, 9.17) is 15.7 Å². The van der Waals surface area contributed by atoms with E-state index in [1.807, 2.05) is 0 Å². The summed E-state index contributed by atoms with van der Waals surface area (Å²) in [5.41, 5.74) is 6.03. The highest BCUT2D eigenvalue weighted by Gasteiger charge is 2.32. The maximum Gasteiger partial charge on any atom is 0.192 e. The number of nitrogens with zero attached hydrogens (tertiary/aromatic N) is 4. The number of hydrogen-bond donors (Lipinski definition) is 2. The van der Waals surface area contributed by atoms with Gasteiger partial charge in [0.15, 0.2) is 17.3 Å². The Balaban J connectivity index is 2.28. The number of aromatic nitrogens is 2. The molecule has 7 nitrogen and oxygen atoms in total. The number of ether oxygens (including phenoxy) is 1. The first-order valence-corrected chi connectivity index (χ1v) is 5.82. The van der Waals surface area contributed by atoms with Gasteiger partial charge in [-0.1, -0.05) is 5.16 Å². The molecule has 0 aromatic carbocycles. The van der Waals surface area contributed by atoms with E-state index in [9.17, 15) is 0 Å². The zero-order chi connectivity index (χ0) is 13.0. The number of anilines is 1. The van der Waals surface area contributed by atoms with Gasteiger partial charge < -0.3 is 20.6 Å². The molecule has 0 atom stereocenters. The molecule has 1 aromatic heterocycles. The Kier molecular flexibility index (Phi) is 3.93. The van der Waals surface area contributed by atoms with Crippen molar-refractivity contribution in [1.82, 2.24) is 9.97 Å². The summed E-state index contributed by atoms with van der Waals surface area (Å²) in [6.07, 6.45) is 5.37. The van der Waals surface area contributed by atoms with Crippen LogP contribution in [0.4, 0.5) is 5.82 Å². The molecule has 0 amide bonds. The van der Waals surface area contributed by atoms with E-state index in [1.54, 1.807) is 13.3 Å². The largest absolute Gasteiger partial charge is 0.409 e. The Morgan fingerprint density at radius 2 is 2.28 bits per heavy atom. The van der Waals surface area contributed by atoms with Crippen molar-refractivity contribution in [2.75, 3.05) is 25.2 Å². The van der Waals surface area contributed by atoms with E-state index in [2.05, 4.69) is 20.0 Å². The lowest BCUT2D eigenvalue weighted by Gasteiger charge is -2.24. The van der Waals surface area contributed by atoms with E-state index in [0.717, 1.165) is 12.8 Å². The zero-order valence-corrected chi connectivity index (χ0v) is 10.3. The molecule has 0 aliphatic heterocycles. The molecule has 0 spiro atoms. The van der Waals surface area contributed by atoms with E-state index in [0.29, 0.717) is 30.7 Å². The first-order chi connectivity index (χ1) is 8.77. The third-order valence-electron chi connectivity index (χ3n) is 2.83. The van der Waals surface area contributed by atoms with Gasteiger partial charge in [0.2, 0.25) is 0 Å². The highest BCUT2D eigenvalue weighted by molar-refractivity contribution is 5.99. The maximum atomic E-state index is 8.78. The number of hydrogen-bond acceptors (Lipinski definition) is 6. The van der Waals surface area contributed by atoms with Gasteiger partial charge in [0, 0.05) is 32.1 Å². The van der Waals surface area contributed by atoms with Gasteiger partial charge in [0.1, 0.15) is 0 Å². The van der Waals surface area contributed by atoms with Gasteiger partial charge in [-0.3, -0.25) is 0 Å². The van der Waals surface area contributed by atoms with Crippen LogP contribution in [0.3, 0.4) is 0 Å². The fourth-order valence-corrected chi connectivity index (χ4v) is 1.81. The molecule has 1 fully saturated rings. The van der Waals surface area contributed by atoms with Gasteiger partial charge >= 0.3 is 0 Å². The van der Waals surface area contributed by atoms with Crippen molar-refractivity contribution in [3.63, 3.8) is 0 Å². The van der Waals surface area contributed by atoms with Gasteiger partial charge in [0.25, 0.3) is 0 Å². The zero-order valence-electron chi connectivity index (χ0n) is 10.3. The minimum absolute atomic E-state index is 0.0267. The van der Waals surface area contributed by atoms with Crippen LogP contribution >= 0.6 is 0 Å². The third-order valence-corrected chi connectivity index (χ3v) is 2.83. The second kappa shape index (κ2) is 5.63. The lowest BCUT2D eigenvalue weighted by Crippen LogP contribution is -2.33. The summed E-state index contributed by atoms with van der Waals surface area (Å²) in [7, 11) is 1.66. The highest BCUT2D eigenvalue weighted by atomic mass is 16.5. The third kappa shape index (κ3) is 2.67. The van der Waals surface area contributed by atoms with Crippen molar-refractivity contribution in [2.45, 2.75) is 18.9 Å². The molecule has 1 aromatic rings. The summed E-state index contributed by atoms with van der Waals surface area (Å²) in [6, 6.07) is 0.446. The molecular formula is C11H17N5O2. The summed E-state index contributed by atoms with van der Waals surface area (Å²) in [4.78, 5) is 10.5. The van der Waals surface area contributed by atoms with Crippen molar-refractivity contribution in [3.8, 4) is 0 Å². The Morgan fingerprint density at radius 1 is 1.56 bits per heavy atom. The average Bonchev–Trinajstić information content (AvgIpc) is 3.23. The van der Waals surface area contributed by atoms with Gasteiger partial charge in [-0.2, -0.15) is 0 Å². The minimum Gasteiger partial charge on any atom is -0.409 e. The predicted octanol–water partition coefficient (Wildman–Crippen LogP) is 0.186. The number of methoxy groups -OCH3 is 1. The lowest BCUT2D eigenvalue weighted by atomic mass is 10.3. The molecule has 2 rings (SSSR count). The van der Waals surface area contributed by atoms with Crippen LogP contribution in [0, 0.1) is 0 Å². The highest BCUT2D eigenvalue weighted by Crippen LogP contribution is 2.31. The monoisotopic (exact) mass is 251 g/mol. The fourth-order valence-electron chi connectivity index (χ4n) is 1.81.